The van der Waals surface area contributed by atoms with Gasteiger partial charge in [-0.3, -0.25) is 4.79 Å². The van der Waals surface area contributed by atoms with Crippen LogP contribution in [0, 0.1) is 5.92 Å². The lowest BCUT2D eigenvalue weighted by molar-refractivity contribution is 0.0317. The average Bonchev–Trinajstić information content (AvgIpc) is 3.21. The van der Waals surface area contributed by atoms with E-state index in [-0.39, 0.29) is 17.8 Å². The monoisotopic (exact) mass is 788 g/mol. The van der Waals surface area contributed by atoms with Crippen LogP contribution in [0.2, 0.25) is 0 Å². The number of fused-ring (bicyclic) bond motifs is 2. The van der Waals surface area contributed by atoms with Gasteiger partial charge in [0.1, 0.15) is 17.2 Å². The molecule has 9 N–H and O–H groups in total. The van der Waals surface area contributed by atoms with E-state index in [1.165, 1.54) is 0 Å². The maximum Gasteiger partial charge on any atom is 0.222 e. The van der Waals surface area contributed by atoms with Crippen LogP contribution >= 0.6 is 23.5 Å². The SMILES string of the molecule is CC(C)C(O)(c1ccccc1)c1cc(Sc2ccccc2)c2c(N)nc(N)nc2c1.Nc1nc(N)c2c(Sc3ccccc3)cc(-c3ccccc3C=O)cc2n1. The third-order valence-corrected chi connectivity index (χ3v) is 11.5. The summed E-state index contributed by atoms with van der Waals surface area (Å²) in [6.45, 7) is 4.01. The molecule has 0 aliphatic rings. The van der Waals surface area contributed by atoms with Crippen LogP contribution in [0.1, 0.15) is 35.3 Å². The van der Waals surface area contributed by atoms with Gasteiger partial charge in [0.2, 0.25) is 11.9 Å². The van der Waals surface area contributed by atoms with E-state index < -0.39 is 5.60 Å². The predicted octanol–water partition coefficient (Wildman–Crippen LogP) is 9.26. The van der Waals surface area contributed by atoms with Crippen LogP contribution in [-0.2, 0) is 5.60 Å². The van der Waals surface area contributed by atoms with Crippen molar-refractivity contribution in [3.8, 4) is 11.1 Å². The first kappa shape index (κ1) is 38.8. The summed E-state index contributed by atoms with van der Waals surface area (Å²) in [6, 6.07) is 44.9. The van der Waals surface area contributed by atoms with E-state index in [1.807, 2.05) is 147 Å². The molecule has 0 aliphatic carbocycles. The van der Waals surface area contributed by atoms with Crippen LogP contribution in [0.5, 0.6) is 0 Å². The Bertz CT molecular complexity index is 2700. The minimum atomic E-state index is -1.20. The Labute approximate surface area is 338 Å². The van der Waals surface area contributed by atoms with Crippen molar-refractivity contribution in [3.63, 3.8) is 0 Å². The highest BCUT2D eigenvalue weighted by atomic mass is 32.2. The van der Waals surface area contributed by atoms with Gasteiger partial charge in [0.05, 0.1) is 21.8 Å². The molecule has 0 spiro atoms. The number of benzene rings is 6. The van der Waals surface area contributed by atoms with Gasteiger partial charge in [0, 0.05) is 25.1 Å². The lowest BCUT2D eigenvalue weighted by Gasteiger charge is -2.34. The van der Waals surface area contributed by atoms with Crippen molar-refractivity contribution < 1.29 is 9.90 Å². The topological polar surface area (TPSA) is 193 Å². The number of aliphatic hydroxyl groups is 1. The molecule has 0 amide bonds. The van der Waals surface area contributed by atoms with E-state index in [4.69, 9.17) is 22.9 Å². The van der Waals surface area contributed by atoms with E-state index in [0.717, 1.165) is 58.9 Å². The fourth-order valence-corrected chi connectivity index (χ4v) is 8.79. The Balaban J connectivity index is 0.000000175. The summed E-state index contributed by atoms with van der Waals surface area (Å²) in [5.41, 5.74) is 28.0. The highest BCUT2D eigenvalue weighted by Gasteiger charge is 2.36. The fourth-order valence-electron chi connectivity index (χ4n) is 6.70. The van der Waals surface area contributed by atoms with E-state index in [9.17, 15) is 9.90 Å². The fraction of sp³-hybridized carbons (Fsp3) is 0.0889. The molecule has 0 saturated heterocycles. The van der Waals surface area contributed by atoms with Crippen LogP contribution < -0.4 is 22.9 Å². The van der Waals surface area contributed by atoms with E-state index in [0.29, 0.717) is 28.2 Å². The van der Waals surface area contributed by atoms with Gasteiger partial charge in [-0.15, -0.1) is 0 Å². The molecule has 2 aromatic heterocycles. The summed E-state index contributed by atoms with van der Waals surface area (Å²) in [4.78, 5) is 32.5. The first-order valence-corrected chi connectivity index (χ1v) is 19.7. The maximum absolute atomic E-state index is 11.9. The minimum Gasteiger partial charge on any atom is -0.383 e. The number of hydrogen-bond acceptors (Lipinski definition) is 12. The quantitative estimate of drug-likeness (QED) is 0.0872. The molecule has 2 heterocycles. The molecule has 284 valence electrons. The van der Waals surface area contributed by atoms with Crippen molar-refractivity contribution in [2.45, 2.75) is 39.0 Å². The smallest absolute Gasteiger partial charge is 0.222 e. The second-order valence-corrected chi connectivity index (χ2v) is 15.7. The maximum atomic E-state index is 11.9. The molecule has 6 aromatic carbocycles. The zero-order chi connectivity index (χ0) is 40.1. The van der Waals surface area contributed by atoms with Gasteiger partial charge in [-0.05, 0) is 76.7 Å². The van der Waals surface area contributed by atoms with E-state index in [1.54, 1.807) is 29.6 Å². The predicted molar refractivity (Wildman–Crippen MR) is 233 cm³/mol. The van der Waals surface area contributed by atoms with Crippen molar-refractivity contribution >= 4 is 75.1 Å². The lowest BCUT2D eigenvalue weighted by atomic mass is 9.77. The Morgan fingerprint density at radius 2 is 1.05 bits per heavy atom. The molecule has 0 bridgehead atoms. The summed E-state index contributed by atoms with van der Waals surface area (Å²) >= 11 is 3.13. The number of nitrogens with zero attached hydrogens (tertiary/aromatic N) is 4. The first-order chi connectivity index (χ1) is 27.5. The average molecular weight is 789 g/mol. The molecular formula is C45H40N8O2S2. The number of nitrogens with two attached hydrogens (primary N) is 4. The van der Waals surface area contributed by atoms with Gasteiger partial charge in [-0.2, -0.15) is 9.97 Å². The summed E-state index contributed by atoms with van der Waals surface area (Å²) in [5.74, 6) is 0.821. The van der Waals surface area contributed by atoms with Crippen molar-refractivity contribution in [1.29, 1.82) is 0 Å². The third kappa shape index (κ3) is 8.24. The minimum absolute atomic E-state index is 0.0801. The van der Waals surface area contributed by atoms with Crippen LogP contribution in [0.15, 0.2) is 159 Å². The number of rotatable bonds is 9. The normalized spacial score (nSPS) is 12.2. The molecule has 1 atom stereocenters. The molecular weight excluding hydrogens is 749 g/mol. The summed E-state index contributed by atoms with van der Waals surface area (Å²) in [5, 5.41) is 13.4. The first-order valence-electron chi connectivity index (χ1n) is 18.1. The highest BCUT2D eigenvalue weighted by Crippen LogP contribution is 2.43. The summed E-state index contributed by atoms with van der Waals surface area (Å²) < 4.78 is 0. The number of aldehydes is 1. The Morgan fingerprint density at radius 1 is 0.579 bits per heavy atom. The number of carbonyl (C=O) groups excluding carboxylic acids is 1. The van der Waals surface area contributed by atoms with Gasteiger partial charge < -0.3 is 28.0 Å². The number of hydrogen-bond donors (Lipinski definition) is 5. The lowest BCUT2D eigenvalue weighted by Crippen LogP contribution is -2.33. The number of anilines is 4. The zero-order valence-electron chi connectivity index (χ0n) is 31.2. The summed E-state index contributed by atoms with van der Waals surface area (Å²) in [7, 11) is 0. The van der Waals surface area contributed by atoms with Crippen LogP contribution in [0.4, 0.5) is 23.5 Å². The Morgan fingerprint density at radius 3 is 1.58 bits per heavy atom. The van der Waals surface area contributed by atoms with Crippen LogP contribution in [0.25, 0.3) is 32.9 Å². The molecule has 0 aliphatic heterocycles. The molecule has 0 radical (unpaired) electrons. The standard InChI is InChI=1S/C24H24N4OS.C21H16N4OS/c1-15(2)24(29,16-9-5-3-6-10-16)17-13-19-21(22(25)28-23(26)27-19)20(14-17)30-18-11-7-4-8-12-18;22-20-19-17(24-21(23)25-20)10-14(16-9-5-4-6-13(16)12-26)11-18(19)27-15-7-2-1-3-8-15/h3-15,29H,1-2H3,(H4,25,26,27,28);1-12H,(H4,22,23,24,25). The second kappa shape index (κ2) is 16.7. The number of nitrogen functional groups attached to an aromatic ring is 4. The highest BCUT2D eigenvalue weighted by molar-refractivity contribution is 7.99. The number of carbonyl (C=O) groups is 1. The van der Waals surface area contributed by atoms with Crippen molar-refractivity contribution in [2.75, 3.05) is 22.9 Å². The Kier molecular flexibility index (Phi) is 11.4. The van der Waals surface area contributed by atoms with Crippen LogP contribution in [0.3, 0.4) is 0 Å². The molecule has 0 fully saturated rings. The molecule has 8 aromatic rings. The van der Waals surface area contributed by atoms with Gasteiger partial charge in [-0.25, -0.2) is 9.97 Å². The van der Waals surface area contributed by atoms with Crippen molar-refractivity contribution in [3.05, 3.63) is 156 Å². The Hall–Kier alpha value is -6.47. The van der Waals surface area contributed by atoms with Gasteiger partial charge >= 0.3 is 0 Å². The number of aromatic nitrogens is 4. The van der Waals surface area contributed by atoms with Gasteiger partial charge in [0.15, 0.2) is 6.29 Å². The van der Waals surface area contributed by atoms with Gasteiger partial charge in [-0.1, -0.05) is 128 Å². The molecule has 57 heavy (non-hydrogen) atoms. The van der Waals surface area contributed by atoms with E-state index >= 15 is 0 Å². The molecule has 12 heteroatoms. The second-order valence-electron chi connectivity index (χ2n) is 13.5. The molecule has 10 nitrogen and oxygen atoms in total. The van der Waals surface area contributed by atoms with Crippen molar-refractivity contribution in [1.82, 2.24) is 19.9 Å². The molecule has 8 rings (SSSR count). The molecule has 0 saturated carbocycles. The van der Waals surface area contributed by atoms with Gasteiger partial charge in [0.25, 0.3) is 0 Å². The third-order valence-electron chi connectivity index (χ3n) is 9.45. The zero-order valence-corrected chi connectivity index (χ0v) is 32.8. The largest absolute Gasteiger partial charge is 0.383 e. The van der Waals surface area contributed by atoms with Crippen molar-refractivity contribution in [2.24, 2.45) is 5.92 Å². The van der Waals surface area contributed by atoms with Crippen LogP contribution in [-0.4, -0.2) is 31.3 Å². The summed E-state index contributed by atoms with van der Waals surface area (Å²) in [6.07, 6.45) is 0.853. The van der Waals surface area contributed by atoms with E-state index in [2.05, 4.69) is 19.9 Å². The molecule has 1 unspecified atom stereocenters.